The molecule has 1 atom stereocenters. The Morgan fingerprint density at radius 3 is 2.44 bits per heavy atom. The van der Waals surface area contributed by atoms with Crippen molar-refractivity contribution in [2.24, 2.45) is 0 Å². The van der Waals surface area contributed by atoms with Gasteiger partial charge in [0.1, 0.15) is 5.82 Å². The number of hydrogen-bond acceptors (Lipinski definition) is 5. The Morgan fingerprint density at radius 1 is 1.09 bits per heavy atom. The van der Waals surface area contributed by atoms with E-state index in [-0.39, 0.29) is 17.8 Å². The lowest BCUT2D eigenvalue weighted by Gasteiger charge is -2.32. The first-order valence-corrected chi connectivity index (χ1v) is 11.5. The van der Waals surface area contributed by atoms with Crippen LogP contribution in [0.2, 0.25) is 0 Å². The number of aromatic nitrogens is 3. The second-order valence-electron chi connectivity index (χ2n) is 9.96. The number of rotatable bonds is 4. The molecule has 2 aromatic heterocycles. The minimum absolute atomic E-state index is 0.0989. The van der Waals surface area contributed by atoms with E-state index in [0.29, 0.717) is 24.2 Å². The molecular weight excluding hydrogens is 434 g/mol. The highest BCUT2D eigenvalue weighted by Crippen LogP contribution is 2.36. The van der Waals surface area contributed by atoms with Gasteiger partial charge in [0, 0.05) is 30.8 Å². The van der Waals surface area contributed by atoms with E-state index in [2.05, 4.69) is 10.1 Å². The van der Waals surface area contributed by atoms with Gasteiger partial charge < -0.3 is 14.2 Å². The summed E-state index contributed by atoms with van der Waals surface area (Å²) in [6.45, 7) is 10.5. The minimum Gasteiger partial charge on any atom is -0.399 e. The van der Waals surface area contributed by atoms with Gasteiger partial charge >= 0.3 is 7.12 Å². The van der Waals surface area contributed by atoms with E-state index >= 15 is 0 Å². The van der Waals surface area contributed by atoms with Crippen LogP contribution in [0.5, 0.6) is 0 Å². The third-order valence-electron chi connectivity index (χ3n) is 7.21. The van der Waals surface area contributed by atoms with Crippen LogP contribution < -0.4 is 10.4 Å². The standard InChI is InChI=1S/C25H28BFN4O3/c1-16(17-6-8-19(27)9-7-17)31-15-20(14-29-31)30-11-10-22-21(23(30)32)12-18(13-28-22)26-33-24(2,3)25(4,5)34-26/h6-9,12-16H,10-11H2,1-5H3. The predicted octanol–water partition coefficient (Wildman–Crippen LogP) is 3.53. The molecule has 1 aromatic carbocycles. The third kappa shape index (κ3) is 3.82. The smallest absolute Gasteiger partial charge is 0.399 e. The summed E-state index contributed by atoms with van der Waals surface area (Å²) in [5.41, 5.74) is 2.76. The molecule has 0 radical (unpaired) electrons. The van der Waals surface area contributed by atoms with Crippen LogP contribution in [0.25, 0.3) is 0 Å². The van der Waals surface area contributed by atoms with E-state index in [9.17, 15) is 9.18 Å². The first-order chi connectivity index (χ1) is 16.1. The zero-order valence-electron chi connectivity index (χ0n) is 20.1. The van der Waals surface area contributed by atoms with Gasteiger partial charge in [0.2, 0.25) is 0 Å². The summed E-state index contributed by atoms with van der Waals surface area (Å²) in [4.78, 5) is 19.7. The molecule has 5 rings (SSSR count). The number of halogens is 1. The first kappa shape index (κ1) is 22.7. The lowest BCUT2D eigenvalue weighted by atomic mass is 9.79. The van der Waals surface area contributed by atoms with Crippen molar-refractivity contribution in [2.45, 2.75) is 58.3 Å². The molecule has 9 heteroatoms. The van der Waals surface area contributed by atoms with Crippen molar-refractivity contribution in [1.82, 2.24) is 14.8 Å². The zero-order chi connectivity index (χ0) is 24.3. The highest BCUT2D eigenvalue weighted by molar-refractivity contribution is 6.62. The van der Waals surface area contributed by atoms with Gasteiger partial charge in [-0.15, -0.1) is 0 Å². The molecular formula is C25H28BFN4O3. The number of carbonyl (C=O) groups is 1. The number of benzene rings is 1. The maximum atomic E-state index is 13.5. The monoisotopic (exact) mass is 462 g/mol. The maximum Gasteiger partial charge on any atom is 0.496 e. The number of hydrogen-bond donors (Lipinski definition) is 0. The Hall–Kier alpha value is -3.04. The second kappa shape index (κ2) is 8.03. The minimum atomic E-state index is -0.578. The third-order valence-corrected chi connectivity index (χ3v) is 7.21. The van der Waals surface area contributed by atoms with Crippen LogP contribution in [0.15, 0.2) is 48.9 Å². The molecule has 0 spiro atoms. The molecule has 34 heavy (non-hydrogen) atoms. The van der Waals surface area contributed by atoms with Crippen molar-refractivity contribution in [1.29, 1.82) is 0 Å². The van der Waals surface area contributed by atoms with E-state index in [1.165, 1.54) is 12.1 Å². The zero-order valence-corrected chi connectivity index (χ0v) is 20.1. The van der Waals surface area contributed by atoms with Gasteiger partial charge in [-0.25, -0.2) is 4.39 Å². The van der Waals surface area contributed by atoms with Crippen molar-refractivity contribution >= 4 is 24.2 Å². The Balaban J connectivity index is 1.38. The highest BCUT2D eigenvalue weighted by atomic mass is 19.1. The van der Waals surface area contributed by atoms with E-state index < -0.39 is 18.3 Å². The maximum absolute atomic E-state index is 13.5. The summed E-state index contributed by atoms with van der Waals surface area (Å²) in [6, 6.07) is 8.10. The van der Waals surface area contributed by atoms with Gasteiger partial charge in [0.25, 0.3) is 5.91 Å². The lowest BCUT2D eigenvalue weighted by molar-refractivity contribution is 0.00578. The highest BCUT2D eigenvalue weighted by Gasteiger charge is 2.52. The van der Waals surface area contributed by atoms with Crippen LogP contribution in [0.4, 0.5) is 10.1 Å². The van der Waals surface area contributed by atoms with Crippen molar-refractivity contribution in [3.05, 3.63) is 71.6 Å². The molecule has 1 unspecified atom stereocenters. The van der Waals surface area contributed by atoms with E-state index in [0.717, 1.165) is 16.7 Å². The van der Waals surface area contributed by atoms with E-state index in [4.69, 9.17) is 9.31 Å². The largest absolute Gasteiger partial charge is 0.496 e. The molecule has 2 aliphatic rings. The van der Waals surface area contributed by atoms with Gasteiger partial charge in [-0.1, -0.05) is 12.1 Å². The van der Waals surface area contributed by atoms with Crippen molar-refractivity contribution in [3.63, 3.8) is 0 Å². The van der Waals surface area contributed by atoms with Crippen LogP contribution in [-0.4, -0.2) is 45.5 Å². The Labute approximate surface area is 199 Å². The molecule has 1 amide bonds. The van der Waals surface area contributed by atoms with Gasteiger partial charge in [0.05, 0.1) is 40.4 Å². The average Bonchev–Trinajstić information content (AvgIpc) is 3.36. The van der Waals surface area contributed by atoms with Crippen LogP contribution >= 0.6 is 0 Å². The molecule has 2 aliphatic heterocycles. The molecule has 1 saturated heterocycles. The summed E-state index contributed by atoms with van der Waals surface area (Å²) in [5.74, 6) is -0.399. The SMILES string of the molecule is CC(c1ccc(F)cc1)n1cc(N2CCc3ncc(B4OC(C)(C)C(C)(C)O4)cc3C2=O)cn1. The molecule has 0 saturated carbocycles. The van der Waals surface area contributed by atoms with Crippen LogP contribution in [0, 0.1) is 5.82 Å². The van der Waals surface area contributed by atoms with E-state index in [1.807, 2.05) is 46.9 Å². The van der Waals surface area contributed by atoms with Crippen LogP contribution in [0.1, 0.15) is 62.3 Å². The first-order valence-electron chi connectivity index (χ1n) is 11.5. The van der Waals surface area contributed by atoms with Crippen molar-refractivity contribution in [2.75, 3.05) is 11.4 Å². The topological polar surface area (TPSA) is 69.5 Å². The Bertz CT molecular complexity index is 1230. The van der Waals surface area contributed by atoms with Crippen LogP contribution in [-0.2, 0) is 15.7 Å². The van der Waals surface area contributed by atoms with Gasteiger partial charge in [0.15, 0.2) is 0 Å². The number of fused-ring (bicyclic) bond motifs is 1. The summed E-state index contributed by atoms with van der Waals surface area (Å²) >= 11 is 0. The molecule has 176 valence electrons. The normalized spacial score (nSPS) is 19.9. The molecule has 7 nitrogen and oxygen atoms in total. The number of pyridine rings is 1. The fraction of sp³-hybridized carbons (Fsp3) is 0.400. The van der Waals surface area contributed by atoms with Gasteiger partial charge in [-0.2, -0.15) is 5.10 Å². The van der Waals surface area contributed by atoms with Gasteiger partial charge in [-0.05, 0) is 58.4 Å². The Kier molecular flexibility index (Phi) is 5.37. The summed E-state index contributed by atoms with van der Waals surface area (Å²) in [6.07, 6.45) is 5.92. The number of amides is 1. The van der Waals surface area contributed by atoms with Gasteiger partial charge in [-0.3, -0.25) is 14.5 Å². The molecule has 1 fully saturated rings. The summed E-state index contributed by atoms with van der Waals surface area (Å²) < 4.78 is 27.3. The second-order valence-corrected chi connectivity index (χ2v) is 9.96. The molecule has 3 aromatic rings. The quantitative estimate of drug-likeness (QED) is 0.555. The average molecular weight is 462 g/mol. The summed E-state index contributed by atoms with van der Waals surface area (Å²) in [5, 5.41) is 4.47. The molecule has 0 N–H and O–H groups in total. The van der Waals surface area contributed by atoms with Crippen LogP contribution in [0.3, 0.4) is 0 Å². The van der Waals surface area contributed by atoms with E-state index in [1.54, 1.807) is 34.1 Å². The van der Waals surface area contributed by atoms with Crippen molar-refractivity contribution < 1.29 is 18.5 Å². The Morgan fingerprint density at radius 2 is 1.76 bits per heavy atom. The predicted molar refractivity (Wildman–Crippen MR) is 128 cm³/mol. The molecule has 0 aliphatic carbocycles. The molecule has 4 heterocycles. The fourth-order valence-corrected chi connectivity index (χ4v) is 4.29. The lowest BCUT2D eigenvalue weighted by Crippen LogP contribution is -2.41. The summed E-state index contributed by atoms with van der Waals surface area (Å²) in [7, 11) is -0.578. The molecule has 0 bridgehead atoms. The van der Waals surface area contributed by atoms with Crippen molar-refractivity contribution in [3.8, 4) is 0 Å². The number of carbonyl (C=O) groups excluding carboxylic acids is 1. The fourth-order valence-electron chi connectivity index (χ4n) is 4.29. The number of nitrogens with zero attached hydrogens (tertiary/aromatic N) is 4. The number of anilines is 1.